The lowest BCUT2D eigenvalue weighted by Crippen LogP contribution is -2.20. The van der Waals surface area contributed by atoms with E-state index in [0.717, 1.165) is 11.1 Å². The van der Waals surface area contributed by atoms with Gasteiger partial charge < -0.3 is 10.5 Å². The largest absolute Gasteiger partial charge is 0.412 e. The van der Waals surface area contributed by atoms with Gasteiger partial charge >= 0.3 is 12.1 Å². The lowest BCUT2D eigenvalue weighted by atomic mass is 9.90. The molecule has 2 rings (SSSR count). The van der Waals surface area contributed by atoms with Crippen LogP contribution in [0.4, 0.5) is 4.79 Å². The van der Waals surface area contributed by atoms with Crippen molar-refractivity contribution in [3.05, 3.63) is 71.3 Å². The van der Waals surface area contributed by atoms with E-state index in [1.54, 1.807) is 12.1 Å². The number of carbonyl (C=O) groups excluding carboxylic acids is 2. The van der Waals surface area contributed by atoms with Crippen LogP contribution in [0.25, 0.3) is 0 Å². The minimum atomic E-state index is -1.10. The molecule has 4 heteroatoms. The average Bonchev–Trinajstić information content (AvgIpc) is 2.46. The fourth-order valence-corrected chi connectivity index (χ4v) is 2.13. The first kappa shape index (κ1) is 13.8. The van der Waals surface area contributed by atoms with E-state index >= 15 is 0 Å². The third kappa shape index (κ3) is 3.03. The van der Waals surface area contributed by atoms with Crippen LogP contribution < -0.4 is 5.73 Å². The van der Waals surface area contributed by atoms with Crippen LogP contribution in [-0.2, 0) is 4.74 Å². The number of carbonyl (C=O) groups is 2. The number of hydrogen-bond donors (Lipinski definition) is 1. The molecule has 102 valence electrons. The Kier molecular flexibility index (Phi) is 4.15. The summed E-state index contributed by atoms with van der Waals surface area (Å²) in [5, 5.41) is 0. The second kappa shape index (κ2) is 6.02. The molecule has 0 saturated heterocycles. The van der Waals surface area contributed by atoms with E-state index < -0.39 is 12.1 Å². The molecule has 20 heavy (non-hydrogen) atoms. The summed E-state index contributed by atoms with van der Waals surface area (Å²) < 4.78 is 4.46. The molecule has 0 aliphatic heterocycles. The zero-order chi connectivity index (χ0) is 14.5. The van der Waals surface area contributed by atoms with Crippen LogP contribution in [0.5, 0.6) is 0 Å². The van der Waals surface area contributed by atoms with Crippen molar-refractivity contribution < 1.29 is 14.3 Å². The predicted molar refractivity (Wildman–Crippen MR) is 75.4 cm³/mol. The molecule has 0 fully saturated rings. The Hall–Kier alpha value is -2.62. The second-order valence-corrected chi connectivity index (χ2v) is 4.43. The molecule has 2 aromatic carbocycles. The fourth-order valence-electron chi connectivity index (χ4n) is 2.13. The fraction of sp³-hybridized carbons (Fsp3) is 0.125. The first-order chi connectivity index (χ1) is 9.59. The van der Waals surface area contributed by atoms with Crippen LogP contribution in [0.1, 0.15) is 34.3 Å². The summed E-state index contributed by atoms with van der Waals surface area (Å²) in [5.41, 5.74) is 7.11. The van der Waals surface area contributed by atoms with Gasteiger partial charge in [-0.3, -0.25) is 0 Å². The summed E-state index contributed by atoms with van der Waals surface area (Å²) in [4.78, 5) is 22.6. The first-order valence-electron chi connectivity index (χ1n) is 6.25. The van der Waals surface area contributed by atoms with E-state index in [2.05, 4.69) is 4.74 Å². The van der Waals surface area contributed by atoms with Crippen LogP contribution in [0.2, 0.25) is 0 Å². The highest BCUT2D eigenvalue weighted by Crippen LogP contribution is 2.27. The van der Waals surface area contributed by atoms with Crippen molar-refractivity contribution >= 4 is 12.1 Å². The topological polar surface area (TPSA) is 69.4 Å². The standard InChI is InChI=1S/C16H15NO3/c1-11(12-7-3-2-4-8-12)13-9-5-6-10-14(13)15(18)20-16(17)19/h2-11H,1H3,(H2,17,19). The molecular formula is C16H15NO3. The molecule has 0 heterocycles. The Bertz CT molecular complexity index is 623. The third-order valence-corrected chi connectivity index (χ3v) is 3.14. The van der Waals surface area contributed by atoms with Gasteiger partial charge in [0.05, 0.1) is 5.56 Å². The summed E-state index contributed by atoms with van der Waals surface area (Å²) >= 11 is 0. The maximum absolute atomic E-state index is 11.9. The third-order valence-electron chi connectivity index (χ3n) is 3.14. The molecule has 1 amide bonds. The summed E-state index contributed by atoms with van der Waals surface area (Å²) in [7, 11) is 0. The van der Waals surface area contributed by atoms with Crippen LogP contribution in [-0.4, -0.2) is 12.1 Å². The molecule has 0 aromatic heterocycles. The van der Waals surface area contributed by atoms with E-state index in [-0.39, 0.29) is 5.92 Å². The van der Waals surface area contributed by atoms with E-state index in [0.29, 0.717) is 5.56 Å². The van der Waals surface area contributed by atoms with Gasteiger partial charge in [-0.2, -0.15) is 0 Å². The molecule has 0 aliphatic carbocycles. The zero-order valence-electron chi connectivity index (χ0n) is 11.1. The molecule has 4 nitrogen and oxygen atoms in total. The predicted octanol–water partition coefficient (Wildman–Crippen LogP) is 3.07. The van der Waals surface area contributed by atoms with E-state index in [1.807, 2.05) is 49.4 Å². The van der Waals surface area contributed by atoms with Crippen molar-refractivity contribution in [3.63, 3.8) is 0 Å². The van der Waals surface area contributed by atoms with E-state index in [9.17, 15) is 9.59 Å². The molecule has 1 atom stereocenters. The Labute approximate surface area is 117 Å². The van der Waals surface area contributed by atoms with Crippen LogP contribution in [0.3, 0.4) is 0 Å². The summed E-state index contributed by atoms with van der Waals surface area (Å²) in [6.45, 7) is 1.99. The van der Waals surface area contributed by atoms with Crippen molar-refractivity contribution in [1.29, 1.82) is 0 Å². The number of hydrogen-bond acceptors (Lipinski definition) is 3. The zero-order valence-corrected chi connectivity index (χ0v) is 11.1. The molecule has 2 aromatic rings. The van der Waals surface area contributed by atoms with Gasteiger partial charge in [-0.15, -0.1) is 0 Å². The van der Waals surface area contributed by atoms with Gasteiger partial charge in [0.1, 0.15) is 0 Å². The summed E-state index contributed by atoms with van der Waals surface area (Å²) in [6.07, 6.45) is -1.10. The normalized spacial score (nSPS) is 11.7. The van der Waals surface area contributed by atoms with Crippen LogP contribution in [0, 0.1) is 0 Å². The molecule has 1 unspecified atom stereocenters. The maximum atomic E-state index is 11.9. The quantitative estimate of drug-likeness (QED) is 0.687. The van der Waals surface area contributed by atoms with Gasteiger partial charge in [0.2, 0.25) is 0 Å². The first-order valence-corrected chi connectivity index (χ1v) is 6.25. The van der Waals surface area contributed by atoms with Crippen molar-refractivity contribution in [2.24, 2.45) is 5.73 Å². The minimum Gasteiger partial charge on any atom is -0.373 e. The van der Waals surface area contributed by atoms with Gasteiger partial charge in [-0.1, -0.05) is 55.5 Å². The van der Waals surface area contributed by atoms with Gasteiger partial charge in [-0.25, -0.2) is 9.59 Å². The van der Waals surface area contributed by atoms with Gasteiger partial charge in [0, 0.05) is 5.92 Å². The molecule has 2 N–H and O–H groups in total. The highest BCUT2D eigenvalue weighted by atomic mass is 16.6. The Morgan fingerprint density at radius 2 is 1.60 bits per heavy atom. The van der Waals surface area contributed by atoms with Crippen molar-refractivity contribution in [2.75, 3.05) is 0 Å². The van der Waals surface area contributed by atoms with Crippen molar-refractivity contribution in [2.45, 2.75) is 12.8 Å². The number of amides is 1. The Balaban J connectivity index is 2.37. The highest BCUT2D eigenvalue weighted by molar-refractivity contribution is 5.97. The lowest BCUT2D eigenvalue weighted by molar-refractivity contribution is 0.0637. The number of ether oxygens (including phenoxy) is 1. The lowest BCUT2D eigenvalue weighted by Gasteiger charge is -2.15. The van der Waals surface area contributed by atoms with Gasteiger partial charge in [0.15, 0.2) is 0 Å². The number of primary amides is 1. The highest BCUT2D eigenvalue weighted by Gasteiger charge is 2.19. The van der Waals surface area contributed by atoms with Crippen LogP contribution >= 0.6 is 0 Å². The molecule has 0 saturated carbocycles. The number of rotatable bonds is 3. The Morgan fingerprint density at radius 1 is 1.00 bits per heavy atom. The maximum Gasteiger partial charge on any atom is 0.412 e. The molecular weight excluding hydrogens is 254 g/mol. The van der Waals surface area contributed by atoms with Gasteiger partial charge in [-0.05, 0) is 17.2 Å². The SMILES string of the molecule is CC(c1ccccc1)c1ccccc1C(=O)OC(N)=O. The molecule has 0 spiro atoms. The Morgan fingerprint density at radius 3 is 2.25 bits per heavy atom. The molecule has 0 bridgehead atoms. The molecule has 0 radical (unpaired) electrons. The van der Waals surface area contributed by atoms with Crippen molar-refractivity contribution in [1.82, 2.24) is 0 Å². The molecule has 0 aliphatic rings. The minimum absolute atomic E-state index is 0.00725. The average molecular weight is 269 g/mol. The van der Waals surface area contributed by atoms with E-state index in [1.165, 1.54) is 0 Å². The number of nitrogens with two attached hydrogens (primary N) is 1. The van der Waals surface area contributed by atoms with Crippen LogP contribution in [0.15, 0.2) is 54.6 Å². The van der Waals surface area contributed by atoms with Gasteiger partial charge in [0.25, 0.3) is 0 Å². The number of esters is 1. The smallest absolute Gasteiger partial charge is 0.373 e. The van der Waals surface area contributed by atoms with Crippen molar-refractivity contribution in [3.8, 4) is 0 Å². The monoisotopic (exact) mass is 269 g/mol. The number of benzene rings is 2. The summed E-state index contributed by atoms with van der Waals surface area (Å²) in [6, 6.07) is 16.8. The summed E-state index contributed by atoms with van der Waals surface area (Å²) in [5.74, 6) is -0.719. The second-order valence-electron chi connectivity index (χ2n) is 4.43. The van der Waals surface area contributed by atoms with E-state index in [4.69, 9.17) is 5.73 Å².